The van der Waals surface area contributed by atoms with Crippen LogP contribution in [0.5, 0.6) is 0 Å². The summed E-state index contributed by atoms with van der Waals surface area (Å²) < 4.78 is 12.1. The fourth-order valence-electron chi connectivity index (χ4n) is 1.86. The van der Waals surface area contributed by atoms with Crippen molar-refractivity contribution in [3.05, 3.63) is 0 Å². The second-order valence-electron chi connectivity index (χ2n) is 3.62. The third kappa shape index (κ3) is 3.21. The Kier molecular flexibility index (Phi) is 4.62. The van der Waals surface area contributed by atoms with Gasteiger partial charge in [0.15, 0.2) is 0 Å². The topological polar surface area (TPSA) is 43.7 Å². The summed E-state index contributed by atoms with van der Waals surface area (Å²) in [6.07, 6.45) is 0.777. The highest BCUT2D eigenvalue weighted by molar-refractivity contribution is 4.79. The van der Waals surface area contributed by atoms with Crippen LogP contribution in [0, 0.1) is 5.92 Å². The number of aliphatic hydroxyl groups excluding tert-OH is 2. The van der Waals surface area contributed by atoms with Crippen molar-refractivity contribution in [2.24, 2.45) is 5.92 Å². The van der Waals surface area contributed by atoms with E-state index in [1.807, 2.05) is 0 Å². The lowest BCUT2D eigenvalue weighted by molar-refractivity contribution is 0.0150. The molecule has 1 fully saturated rings. The fraction of sp³-hybridized carbons (Fsp3) is 1.00. The van der Waals surface area contributed by atoms with Gasteiger partial charge in [-0.25, -0.2) is 0 Å². The molecule has 1 aliphatic heterocycles. The Bertz CT molecular complexity index is 146. The van der Waals surface area contributed by atoms with Crippen LogP contribution in [0.1, 0.15) is 12.8 Å². The fourth-order valence-corrected chi connectivity index (χ4v) is 1.86. The number of hydrogen-bond donors (Lipinski definition) is 2. The Morgan fingerprint density at radius 3 is 2.85 bits per heavy atom. The number of piperidine rings is 1. The van der Waals surface area contributed by atoms with Crippen molar-refractivity contribution >= 4 is 0 Å². The molecule has 0 aromatic carbocycles. The number of aliphatic hydroxyl groups is 2. The summed E-state index contributed by atoms with van der Waals surface area (Å²) in [7, 11) is 0. The van der Waals surface area contributed by atoms with Crippen molar-refractivity contribution in [3.8, 4) is 0 Å². The molecule has 0 aromatic heterocycles. The highest BCUT2D eigenvalue weighted by atomic mass is 19.1. The van der Waals surface area contributed by atoms with Crippen LogP contribution in [0.3, 0.4) is 0 Å². The molecule has 0 aliphatic carbocycles. The molecule has 13 heavy (non-hydrogen) atoms. The van der Waals surface area contributed by atoms with Crippen molar-refractivity contribution < 1.29 is 14.6 Å². The third-order valence-corrected chi connectivity index (χ3v) is 2.67. The normalized spacial score (nSPS) is 30.7. The minimum absolute atomic E-state index is 0.0466. The molecule has 0 saturated carbocycles. The van der Waals surface area contributed by atoms with Crippen molar-refractivity contribution in [2.75, 3.05) is 32.9 Å². The van der Waals surface area contributed by atoms with E-state index >= 15 is 0 Å². The molecule has 1 aliphatic rings. The Hall–Kier alpha value is -0.190. The molecule has 0 amide bonds. The Morgan fingerprint density at radius 2 is 2.23 bits per heavy atom. The highest BCUT2D eigenvalue weighted by Gasteiger charge is 2.26. The molecule has 0 spiro atoms. The molecular weight excluding hydrogens is 173 g/mol. The first-order valence-electron chi connectivity index (χ1n) is 4.85. The van der Waals surface area contributed by atoms with E-state index in [4.69, 9.17) is 5.11 Å². The SMILES string of the molecule is OCCN1CC[C@@H](O)[C@H](CCF)C1. The standard InChI is InChI=1S/C9H18FNO2/c10-3-1-8-7-11(5-6-12)4-2-9(8)13/h8-9,12-13H,1-7H2/t8-,9-/m1/s1. The first-order valence-corrected chi connectivity index (χ1v) is 4.85. The molecule has 0 radical (unpaired) electrons. The number of hydrogen-bond acceptors (Lipinski definition) is 3. The zero-order valence-corrected chi connectivity index (χ0v) is 7.82. The van der Waals surface area contributed by atoms with Gasteiger partial charge in [-0.2, -0.15) is 0 Å². The highest BCUT2D eigenvalue weighted by Crippen LogP contribution is 2.19. The summed E-state index contributed by atoms with van der Waals surface area (Å²) in [5, 5.41) is 18.3. The predicted octanol–water partition coefficient (Wildman–Crippen LogP) is 0.0211. The lowest BCUT2D eigenvalue weighted by Crippen LogP contribution is -2.44. The van der Waals surface area contributed by atoms with E-state index in [2.05, 4.69) is 4.90 Å². The van der Waals surface area contributed by atoms with Gasteiger partial charge >= 0.3 is 0 Å². The van der Waals surface area contributed by atoms with Gasteiger partial charge < -0.3 is 15.1 Å². The number of halogens is 1. The molecule has 1 saturated heterocycles. The summed E-state index contributed by atoms with van der Waals surface area (Å²) in [5.41, 5.74) is 0. The second kappa shape index (κ2) is 5.52. The van der Waals surface area contributed by atoms with Gasteiger partial charge in [0.1, 0.15) is 0 Å². The van der Waals surface area contributed by atoms with E-state index in [1.54, 1.807) is 0 Å². The van der Waals surface area contributed by atoms with Crippen molar-refractivity contribution in [3.63, 3.8) is 0 Å². The zero-order valence-electron chi connectivity index (χ0n) is 7.82. The van der Waals surface area contributed by atoms with Crippen molar-refractivity contribution in [1.82, 2.24) is 4.90 Å². The van der Waals surface area contributed by atoms with Gasteiger partial charge in [0.05, 0.1) is 19.4 Å². The average Bonchev–Trinajstić information content (AvgIpc) is 2.12. The summed E-state index contributed by atoms with van der Waals surface area (Å²) in [6, 6.07) is 0. The minimum atomic E-state index is -0.366. The number of likely N-dealkylation sites (tertiary alicyclic amines) is 1. The van der Waals surface area contributed by atoms with Gasteiger partial charge in [-0.15, -0.1) is 0 Å². The molecule has 0 aromatic rings. The second-order valence-corrected chi connectivity index (χ2v) is 3.62. The van der Waals surface area contributed by atoms with Crippen LogP contribution in [0.25, 0.3) is 0 Å². The number of nitrogens with zero attached hydrogens (tertiary/aromatic N) is 1. The number of alkyl halides is 1. The van der Waals surface area contributed by atoms with E-state index in [0.29, 0.717) is 25.9 Å². The van der Waals surface area contributed by atoms with E-state index in [1.165, 1.54) is 0 Å². The third-order valence-electron chi connectivity index (χ3n) is 2.67. The first kappa shape index (κ1) is 10.9. The van der Waals surface area contributed by atoms with E-state index in [0.717, 1.165) is 6.54 Å². The molecule has 2 atom stereocenters. The molecule has 3 nitrogen and oxygen atoms in total. The smallest absolute Gasteiger partial charge is 0.0898 e. The van der Waals surface area contributed by atoms with Crippen LogP contribution in [-0.4, -0.2) is 54.1 Å². The van der Waals surface area contributed by atoms with Gasteiger partial charge in [0.2, 0.25) is 0 Å². The number of β-amino-alcohol motifs (C(OH)–C–C–N with tert-alkyl or cyclic N) is 1. The molecule has 1 rings (SSSR count). The molecule has 2 N–H and O–H groups in total. The molecular formula is C9H18FNO2. The Morgan fingerprint density at radius 1 is 1.46 bits per heavy atom. The summed E-state index contributed by atoms with van der Waals surface area (Å²) in [4.78, 5) is 2.08. The van der Waals surface area contributed by atoms with E-state index in [9.17, 15) is 9.50 Å². The first-order chi connectivity index (χ1) is 6.27. The lowest BCUT2D eigenvalue weighted by Gasteiger charge is -2.35. The van der Waals surface area contributed by atoms with Crippen LogP contribution in [0.4, 0.5) is 4.39 Å². The van der Waals surface area contributed by atoms with Gasteiger partial charge in [-0.3, -0.25) is 4.39 Å². The van der Waals surface area contributed by atoms with Crippen LogP contribution in [-0.2, 0) is 0 Å². The summed E-state index contributed by atoms with van der Waals surface area (Å²) >= 11 is 0. The summed E-state index contributed by atoms with van der Waals surface area (Å²) in [5.74, 6) is 0.0466. The van der Waals surface area contributed by atoms with Crippen LogP contribution < -0.4 is 0 Å². The zero-order chi connectivity index (χ0) is 9.68. The maximum absolute atomic E-state index is 12.1. The summed E-state index contributed by atoms with van der Waals surface area (Å²) in [6.45, 7) is 1.93. The van der Waals surface area contributed by atoms with Crippen molar-refractivity contribution in [1.29, 1.82) is 0 Å². The van der Waals surface area contributed by atoms with E-state index < -0.39 is 0 Å². The maximum atomic E-state index is 12.1. The monoisotopic (exact) mass is 191 g/mol. The van der Waals surface area contributed by atoms with Gasteiger partial charge in [-0.1, -0.05) is 0 Å². The van der Waals surface area contributed by atoms with Crippen LogP contribution in [0.2, 0.25) is 0 Å². The largest absolute Gasteiger partial charge is 0.395 e. The quantitative estimate of drug-likeness (QED) is 0.658. The molecule has 1 heterocycles. The maximum Gasteiger partial charge on any atom is 0.0898 e. The minimum Gasteiger partial charge on any atom is -0.395 e. The Labute approximate surface area is 78.2 Å². The van der Waals surface area contributed by atoms with Crippen LogP contribution >= 0.6 is 0 Å². The number of rotatable bonds is 4. The molecule has 78 valence electrons. The van der Waals surface area contributed by atoms with Crippen LogP contribution in [0.15, 0.2) is 0 Å². The molecule has 4 heteroatoms. The van der Waals surface area contributed by atoms with Gasteiger partial charge in [0.25, 0.3) is 0 Å². The molecule has 0 bridgehead atoms. The lowest BCUT2D eigenvalue weighted by atomic mass is 9.92. The van der Waals surface area contributed by atoms with Gasteiger partial charge in [0, 0.05) is 25.6 Å². The van der Waals surface area contributed by atoms with Gasteiger partial charge in [-0.05, 0) is 12.8 Å². The average molecular weight is 191 g/mol. The predicted molar refractivity (Wildman–Crippen MR) is 48.2 cm³/mol. The Balaban J connectivity index is 2.33. The van der Waals surface area contributed by atoms with E-state index in [-0.39, 0.29) is 25.3 Å². The molecule has 0 unspecified atom stereocenters. The van der Waals surface area contributed by atoms with Crippen molar-refractivity contribution in [2.45, 2.75) is 18.9 Å².